The molecule has 3 aromatic rings. The van der Waals surface area contributed by atoms with Crippen molar-refractivity contribution in [1.82, 2.24) is 0 Å². The molecule has 0 aliphatic carbocycles. The summed E-state index contributed by atoms with van der Waals surface area (Å²) < 4.78 is 52.2. The quantitative estimate of drug-likeness (QED) is 0.671. The first-order chi connectivity index (χ1) is 12.9. The minimum Gasteiger partial charge on any atom is -0.238 e. The number of hydrogen-bond acceptors (Lipinski definition) is 4. The summed E-state index contributed by atoms with van der Waals surface area (Å²) in [5.41, 5.74) is 1.03. The van der Waals surface area contributed by atoms with Gasteiger partial charge in [-0.05, 0) is 30.0 Å². The number of sulfonamides is 1. The third kappa shape index (κ3) is 3.33. The van der Waals surface area contributed by atoms with Gasteiger partial charge in [0.2, 0.25) is 10.0 Å². The van der Waals surface area contributed by atoms with Gasteiger partial charge >= 0.3 is 0 Å². The van der Waals surface area contributed by atoms with Crippen LogP contribution in [0.4, 0.5) is 11.4 Å². The van der Waals surface area contributed by atoms with E-state index in [0.29, 0.717) is 11.4 Å². The lowest BCUT2D eigenvalue weighted by Gasteiger charge is -2.28. The van der Waals surface area contributed by atoms with Crippen molar-refractivity contribution < 1.29 is 16.8 Å². The maximum atomic E-state index is 13.5. The largest absolute Gasteiger partial charge is 0.243 e. The van der Waals surface area contributed by atoms with Crippen LogP contribution in [-0.4, -0.2) is 33.6 Å². The number of rotatable bonds is 4. The first-order valence-electron chi connectivity index (χ1n) is 8.66. The van der Waals surface area contributed by atoms with Crippen molar-refractivity contribution in [3.8, 4) is 0 Å². The van der Waals surface area contributed by atoms with Gasteiger partial charge in [0.1, 0.15) is 0 Å². The van der Waals surface area contributed by atoms with Crippen LogP contribution in [0.15, 0.2) is 72.8 Å². The minimum absolute atomic E-state index is 0.0882. The number of benzene rings is 3. The van der Waals surface area contributed by atoms with Gasteiger partial charge in [0.15, 0.2) is 9.84 Å². The molecule has 27 heavy (non-hydrogen) atoms. The summed E-state index contributed by atoms with van der Waals surface area (Å²) in [5.74, 6) is -0.418. The zero-order valence-corrected chi connectivity index (χ0v) is 16.2. The molecule has 0 aromatic heterocycles. The molecule has 0 amide bonds. The van der Waals surface area contributed by atoms with E-state index in [1.54, 1.807) is 30.3 Å². The molecule has 1 fully saturated rings. The summed E-state index contributed by atoms with van der Waals surface area (Å²) in [5, 5.41) is 0.778. The second kappa shape index (κ2) is 6.65. The Kier molecular flexibility index (Phi) is 4.44. The van der Waals surface area contributed by atoms with E-state index < -0.39 is 25.1 Å². The van der Waals surface area contributed by atoms with Crippen LogP contribution in [0.3, 0.4) is 0 Å². The highest BCUT2D eigenvalue weighted by Crippen LogP contribution is 2.37. The molecule has 3 aromatic carbocycles. The molecule has 0 bridgehead atoms. The van der Waals surface area contributed by atoms with E-state index in [-0.39, 0.29) is 17.9 Å². The molecule has 5 nitrogen and oxygen atoms in total. The normalized spacial score (nSPS) is 19.2. The molecular weight excluding hydrogens is 382 g/mol. The van der Waals surface area contributed by atoms with Gasteiger partial charge in [0.25, 0.3) is 0 Å². The number of anilines is 2. The fourth-order valence-electron chi connectivity index (χ4n) is 3.52. The van der Waals surface area contributed by atoms with E-state index >= 15 is 0 Å². The van der Waals surface area contributed by atoms with Gasteiger partial charge in [-0.2, -0.15) is 0 Å². The van der Waals surface area contributed by atoms with E-state index in [1.165, 1.54) is 4.31 Å². The van der Waals surface area contributed by atoms with Crippen LogP contribution in [0.5, 0.6) is 0 Å². The van der Waals surface area contributed by atoms with Crippen LogP contribution >= 0.6 is 0 Å². The Morgan fingerprint density at radius 1 is 0.852 bits per heavy atom. The Hall–Kier alpha value is -2.38. The Balaban J connectivity index is 1.93. The van der Waals surface area contributed by atoms with Crippen molar-refractivity contribution in [3.63, 3.8) is 0 Å². The van der Waals surface area contributed by atoms with Crippen LogP contribution in [-0.2, 0) is 19.9 Å². The van der Waals surface area contributed by atoms with Crippen LogP contribution in [0.2, 0.25) is 0 Å². The molecule has 1 unspecified atom stereocenters. The summed E-state index contributed by atoms with van der Waals surface area (Å²) in [4.78, 5) is 0. The Bertz CT molecular complexity index is 1180. The third-order valence-electron chi connectivity index (χ3n) is 4.84. The summed E-state index contributed by atoms with van der Waals surface area (Å²) in [6.45, 7) is 0. The monoisotopic (exact) mass is 401 g/mol. The van der Waals surface area contributed by atoms with Gasteiger partial charge < -0.3 is 0 Å². The molecule has 0 saturated carbocycles. The Labute approximate surface area is 159 Å². The van der Waals surface area contributed by atoms with E-state index in [0.717, 1.165) is 10.8 Å². The van der Waals surface area contributed by atoms with Gasteiger partial charge in [-0.1, -0.05) is 54.6 Å². The fourth-order valence-corrected chi connectivity index (χ4v) is 8.08. The van der Waals surface area contributed by atoms with Crippen molar-refractivity contribution in [2.45, 2.75) is 11.7 Å². The molecule has 1 aliphatic rings. The van der Waals surface area contributed by atoms with E-state index in [2.05, 4.69) is 0 Å². The molecule has 0 radical (unpaired) electrons. The van der Waals surface area contributed by atoms with E-state index in [4.69, 9.17) is 0 Å². The first-order valence-corrected chi connectivity index (χ1v) is 12.0. The van der Waals surface area contributed by atoms with Crippen LogP contribution in [0, 0.1) is 0 Å². The Morgan fingerprint density at radius 2 is 1.52 bits per heavy atom. The third-order valence-corrected chi connectivity index (χ3v) is 8.98. The first kappa shape index (κ1) is 18.0. The molecular formula is C20H19NO4S2. The number of sulfone groups is 1. The molecule has 1 saturated heterocycles. The Morgan fingerprint density at radius 3 is 2.22 bits per heavy atom. The second-order valence-electron chi connectivity index (χ2n) is 6.67. The highest BCUT2D eigenvalue weighted by molar-refractivity contribution is 7.97. The fraction of sp³-hybridized carbons (Fsp3) is 0.200. The minimum atomic E-state index is -3.92. The predicted molar refractivity (Wildman–Crippen MR) is 109 cm³/mol. The lowest BCUT2D eigenvalue weighted by molar-refractivity contribution is 0.582. The molecule has 7 heteroatoms. The average Bonchev–Trinajstić information content (AvgIpc) is 3.04. The average molecular weight is 402 g/mol. The molecule has 0 spiro atoms. The van der Waals surface area contributed by atoms with Crippen molar-refractivity contribution in [2.75, 3.05) is 15.8 Å². The summed E-state index contributed by atoms with van der Waals surface area (Å²) in [6, 6.07) is 21.9. The second-order valence-corrected chi connectivity index (χ2v) is 11.0. The van der Waals surface area contributed by atoms with Crippen molar-refractivity contribution >= 4 is 42.0 Å². The maximum Gasteiger partial charge on any atom is 0.243 e. The highest BCUT2D eigenvalue weighted by Gasteiger charge is 2.41. The lowest BCUT2D eigenvalue weighted by Crippen LogP contribution is -2.36. The zero-order chi connectivity index (χ0) is 19.1. The summed E-state index contributed by atoms with van der Waals surface area (Å²) in [6.07, 6.45) is 0.124. The summed E-state index contributed by atoms with van der Waals surface area (Å²) in [7, 11) is -7.24. The van der Waals surface area contributed by atoms with Crippen LogP contribution in [0.1, 0.15) is 6.42 Å². The van der Waals surface area contributed by atoms with E-state index in [1.807, 2.05) is 42.5 Å². The maximum absolute atomic E-state index is 13.5. The predicted octanol–water partition coefficient (Wildman–Crippen LogP) is 3.49. The summed E-state index contributed by atoms with van der Waals surface area (Å²) >= 11 is 0. The number of fused-ring (bicyclic) bond motifs is 1. The SMILES string of the molecule is O=S1(=O)CCC(S(=O)(=O)N(c2ccccc2)c2cccc3ccccc23)C1. The van der Waals surface area contributed by atoms with Crippen LogP contribution < -0.4 is 4.31 Å². The number of hydrogen-bond donors (Lipinski definition) is 0. The number of nitrogens with zero attached hydrogens (tertiary/aromatic N) is 1. The topological polar surface area (TPSA) is 71.5 Å². The van der Waals surface area contributed by atoms with Gasteiger partial charge in [0, 0.05) is 5.39 Å². The van der Waals surface area contributed by atoms with Gasteiger partial charge in [-0.15, -0.1) is 0 Å². The van der Waals surface area contributed by atoms with Gasteiger partial charge in [0.05, 0.1) is 28.1 Å². The highest BCUT2D eigenvalue weighted by atomic mass is 32.2. The van der Waals surface area contributed by atoms with Crippen molar-refractivity contribution in [3.05, 3.63) is 72.8 Å². The standard InChI is InChI=1S/C20H19NO4S2/c22-26(23)14-13-18(15-26)27(24,25)21(17-9-2-1-3-10-17)20-12-6-8-16-7-4-5-11-19(16)20/h1-12,18H,13-15H2. The van der Waals surface area contributed by atoms with Crippen molar-refractivity contribution in [2.24, 2.45) is 0 Å². The molecule has 4 rings (SSSR count). The van der Waals surface area contributed by atoms with Crippen molar-refractivity contribution in [1.29, 1.82) is 0 Å². The van der Waals surface area contributed by atoms with Gasteiger partial charge in [-0.3, -0.25) is 0 Å². The van der Waals surface area contributed by atoms with Gasteiger partial charge in [-0.25, -0.2) is 21.1 Å². The molecule has 0 N–H and O–H groups in total. The van der Waals surface area contributed by atoms with Crippen LogP contribution in [0.25, 0.3) is 10.8 Å². The molecule has 1 heterocycles. The smallest absolute Gasteiger partial charge is 0.238 e. The zero-order valence-electron chi connectivity index (χ0n) is 14.5. The number of para-hydroxylation sites is 1. The molecule has 140 valence electrons. The molecule has 1 aliphatic heterocycles. The lowest BCUT2D eigenvalue weighted by atomic mass is 10.1. The molecule has 1 atom stereocenters. The van der Waals surface area contributed by atoms with E-state index in [9.17, 15) is 16.8 Å².